The molecule has 0 aliphatic carbocycles. The maximum Gasteiger partial charge on any atom is 0.252 e. The van der Waals surface area contributed by atoms with Gasteiger partial charge in [0.25, 0.3) is 5.91 Å². The minimum Gasteiger partial charge on any atom is -0.506 e. The lowest BCUT2D eigenvalue weighted by atomic mass is 10.1. The van der Waals surface area contributed by atoms with Gasteiger partial charge in [-0.1, -0.05) is 6.92 Å². The molecule has 1 amide bonds. The lowest BCUT2D eigenvalue weighted by Gasteiger charge is -2.10. The molecule has 3 N–H and O–H groups in total. The molecule has 16 heavy (non-hydrogen) atoms. The Balaban J connectivity index is 2.47. The number of hydrogen-bond donors (Lipinski definition) is 3. The summed E-state index contributed by atoms with van der Waals surface area (Å²) in [6.45, 7) is 2.55. The van der Waals surface area contributed by atoms with Crippen LogP contribution >= 0.6 is 0 Å². The number of rotatable bonds is 5. The summed E-state index contributed by atoms with van der Waals surface area (Å²) in [6.07, 6.45) is 3.31. The number of aromatic nitrogens is 1. The van der Waals surface area contributed by atoms with Gasteiger partial charge in [-0.25, -0.2) is 0 Å². The molecule has 0 aliphatic rings. The molecule has 0 saturated heterocycles. The van der Waals surface area contributed by atoms with Crippen molar-refractivity contribution >= 4 is 5.91 Å². The maximum absolute atomic E-state index is 11.6. The van der Waals surface area contributed by atoms with Crippen molar-refractivity contribution < 1.29 is 15.0 Å². The molecule has 0 aliphatic heterocycles. The Morgan fingerprint density at radius 2 is 2.31 bits per heavy atom. The molecule has 0 fully saturated rings. The minimum absolute atomic E-state index is 0.0314. The quantitative estimate of drug-likeness (QED) is 0.681. The number of aliphatic hydroxyl groups excluding tert-OH is 1. The van der Waals surface area contributed by atoms with E-state index < -0.39 is 0 Å². The molecule has 1 atom stereocenters. The number of carbonyl (C=O) groups excluding carboxylic acids is 1. The zero-order chi connectivity index (χ0) is 12.0. The van der Waals surface area contributed by atoms with Crippen LogP contribution in [0.4, 0.5) is 0 Å². The highest BCUT2D eigenvalue weighted by atomic mass is 16.3. The average molecular weight is 224 g/mol. The monoisotopic (exact) mass is 224 g/mol. The van der Waals surface area contributed by atoms with Gasteiger partial charge in [-0.05, 0) is 18.4 Å². The normalized spacial score (nSPS) is 12.1. The van der Waals surface area contributed by atoms with E-state index in [2.05, 4.69) is 10.3 Å². The summed E-state index contributed by atoms with van der Waals surface area (Å²) in [5.41, 5.74) is 0.330. The van der Waals surface area contributed by atoms with Crippen molar-refractivity contribution in [3.05, 3.63) is 24.0 Å². The van der Waals surface area contributed by atoms with Crippen LogP contribution in [-0.2, 0) is 0 Å². The van der Waals surface area contributed by atoms with Gasteiger partial charge in [-0.15, -0.1) is 0 Å². The number of hydrogen-bond acceptors (Lipinski definition) is 4. The first-order valence-corrected chi connectivity index (χ1v) is 5.16. The van der Waals surface area contributed by atoms with E-state index in [0.29, 0.717) is 18.5 Å². The Morgan fingerprint density at radius 1 is 1.56 bits per heavy atom. The number of nitrogens with one attached hydrogen (secondary N) is 1. The molecule has 0 saturated carbocycles. The van der Waals surface area contributed by atoms with Crippen LogP contribution in [0.25, 0.3) is 0 Å². The minimum atomic E-state index is -0.270. The molecular formula is C11H16N2O3. The second-order valence-corrected chi connectivity index (χ2v) is 3.76. The third kappa shape index (κ3) is 3.86. The number of aromatic hydroxyl groups is 1. The fourth-order valence-corrected chi connectivity index (χ4v) is 1.24. The van der Waals surface area contributed by atoms with Crippen molar-refractivity contribution in [2.45, 2.75) is 13.3 Å². The van der Waals surface area contributed by atoms with E-state index in [1.54, 1.807) is 0 Å². The Kier molecular flexibility index (Phi) is 4.72. The lowest BCUT2D eigenvalue weighted by molar-refractivity contribution is 0.0944. The van der Waals surface area contributed by atoms with Crippen molar-refractivity contribution in [2.24, 2.45) is 5.92 Å². The standard InChI is InChI=1S/C11H16N2O3/c1-8(2-3-14)5-13-11(16)9-4-10(15)7-12-6-9/h4,6-8,14-15H,2-3,5H2,1H3,(H,13,16). The third-order valence-electron chi connectivity index (χ3n) is 2.22. The van der Waals surface area contributed by atoms with Gasteiger partial charge in [-0.2, -0.15) is 0 Å². The van der Waals surface area contributed by atoms with Crippen LogP contribution in [0.2, 0.25) is 0 Å². The number of aliphatic hydroxyl groups is 1. The van der Waals surface area contributed by atoms with Crippen molar-refractivity contribution in [3.63, 3.8) is 0 Å². The predicted octanol–water partition coefficient (Wildman–Crippen LogP) is 0.535. The van der Waals surface area contributed by atoms with E-state index in [9.17, 15) is 4.79 Å². The molecule has 88 valence electrons. The van der Waals surface area contributed by atoms with Gasteiger partial charge in [-0.3, -0.25) is 9.78 Å². The van der Waals surface area contributed by atoms with E-state index in [0.717, 1.165) is 0 Å². The summed E-state index contributed by atoms with van der Waals surface area (Å²) in [5, 5.41) is 20.6. The summed E-state index contributed by atoms with van der Waals surface area (Å²) in [5.74, 6) is -0.0801. The summed E-state index contributed by atoms with van der Waals surface area (Å²) in [7, 11) is 0. The van der Waals surface area contributed by atoms with Gasteiger partial charge in [0.2, 0.25) is 0 Å². The fraction of sp³-hybridized carbons (Fsp3) is 0.455. The van der Waals surface area contributed by atoms with Gasteiger partial charge < -0.3 is 15.5 Å². The summed E-state index contributed by atoms with van der Waals surface area (Å²) in [6, 6.07) is 1.36. The molecule has 0 radical (unpaired) electrons. The second kappa shape index (κ2) is 6.07. The first kappa shape index (κ1) is 12.4. The van der Waals surface area contributed by atoms with Gasteiger partial charge in [0, 0.05) is 19.3 Å². The van der Waals surface area contributed by atoms with Crippen LogP contribution < -0.4 is 5.32 Å². The van der Waals surface area contributed by atoms with E-state index in [1.807, 2.05) is 6.92 Å². The highest BCUT2D eigenvalue weighted by molar-refractivity contribution is 5.94. The van der Waals surface area contributed by atoms with Crippen LogP contribution in [0.5, 0.6) is 5.75 Å². The van der Waals surface area contributed by atoms with Crippen LogP contribution in [0.3, 0.4) is 0 Å². The van der Waals surface area contributed by atoms with Gasteiger partial charge in [0.05, 0.1) is 11.8 Å². The number of amides is 1. The van der Waals surface area contributed by atoms with Crippen LogP contribution in [0.1, 0.15) is 23.7 Å². The molecule has 1 unspecified atom stereocenters. The van der Waals surface area contributed by atoms with Crippen molar-refractivity contribution in [3.8, 4) is 5.75 Å². The molecule has 0 spiro atoms. The highest BCUT2D eigenvalue weighted by Crippen LogP contribution is 2.08. The molecule has 5 nitrogen and oxygen atoms in total. The van der Waals surface area contributed by atoms with E-state index in [-0.39, 0.29) is 24.2 Å². The molecular weight excluding hydrogens is 208 g/mol. The van der Waals surface area contributed by atoms with E-state index in [4.69, 9.17) is 10.2 Å². The molecule has 0 bridgehead atoms. The first-order chi connectivity index (χ1) is 7.63. The number of carbonyl (C=O) groups is 1. The van der Waals surface area contributed by atoms with Crippen molar-refractivity contribution in [2.75, 3.05) is 13.2 Å². The van der Waals surface area contributed by atoms with Crippen LogP contribution in [0.15, 0.2) is 18.5 Å². The summed E-state index contributed by atoms with van der Waals surface area (Å²) >= 11 is 0. The summed E-state index contributed by atoms with van der Waals surface area (Å²) in [4.78, 5) is 15.3. The van der Waals surface area contributed by atoms with E-state index in [1.165, 1.54) is 18.5 Å². The zero-order valence-corrected chi connectivity index (χ0v) is 9.18. The fourth-order valence-electron chi connectivity index (χ4n) is 1.24. The van der Waals surface area contributed by atoms with Gasteiger partial charge in [0.15, 0.2) is 0 Å². The largest absolute Gasteiger partial charge is 0.506 e. The van der Waals surface area contributed by atoms with Crippen molar-refractivity contribution in [1.29, 1.82) is 0 Å². The third-order valence-corrected chi connectivity index (χ3v) is 2.22. The maximum atomic E-state index is 11.6. The molecule has 0 aromatic carbocycles. The SMILES string of the molecule is CC(CCO)CNC(=O)c1cncc(O)c1. The lowest BCUT2D eigenvalue weighted by Crippen LogP contribution is -2.28. The average Bonchev–Trinajstić information content (AvgIpc) is 2.26. The highest BCUT2D eigenvalue weighted by Gasteiger charge is 2.08. The van der Waals surface area contributed by atoms with Crippen LogP contribution in [-0.4, -0.2) is 34.3 Å². The Bertz CT molecular complexity index is 355. The number of pyridine rings is 1. The Labute approximate surface area is 94.1 Å². The van der Waals surface area contributed by atoms with Gasteiger partial charge >= 0.3 is 0 Å². The smallest absolute Gasteiger partial charge is 0.252 e. The van der Waals surface area contributed by atoms with Crippen molar-refractivity contribution in [1.82, 2.24) is 10.3 Å². The Morgan fingerprint density at radius 3 is 2.94 bits per heavy atom. The Hall–Kier alpha value is -1.62. The second-order valence-electron chi connectivity index (χ2n) is 3.76. The molecule has 1 aromatic rings. The molecule has 1 aromatic heterocycles. The molecule has 1 heterocycles. The number of nitrogens with zero attached hydrogens (tertiary/aromatic N) is 1. The van der Waals surface area contributed by atoms with E-state index >= 15 is 0 Å². The predicted molar refractivity (Wildman–Crippen MR) is 59.1 cm³/mol. The molecule has 5 heteroatoms. The molecule has 1 rings (SSSR count). The summed E-state index contributed by atoms with van der Waals surface area (Å²) < 4.78 is 0. The topological polar surface area (TPSA) is 82.5 Å². The first-order valence-electron chi connectivity index (χ1n) is 5.16. The van der Waals surface area contributed by atoms with Crippen LogP contribution in [0, 0.1) is 5.92 Å². The van der Waals surface area contributed by atoms with Gasteiger partial charge in [0.1, 0.15) is 5.75 Å². The zero-order valence-electron chi connectivity index (χ0n) is 9.18.